The smallest absolute Gasteiger partial charge is 0.302 e. The number of carbonyl (C=O) groups excluding carboxylic acids is 2. The van der Waals surface area contributed by atoms with Gasteiger partial charge in [-0.15, -0.1) is 0 Å². The topological polar surface area (TPSA) is 85.2 Å². The molecule has 0 spiro atoms. The van der Waals surface area contributed by atoms with Crippen LogP contribution in [-0.2, 0) is 19.1 Å². The van der Waals surface area contributed by atoms with Crippen LogP contribution in [0.15, 0.2) is 5.16 Å². The first-order valence-electron chi connectivity index (χ1n) is 12.1. The summed E-state index contributed by atoms with van der Waals surface area (Å²) in [4.78, 5) is 23.6. The summed E-state index contributed by atoms with van der Waals surface area (Å²) >= 11 is 0. The minimum absolute atomic E-state index is 0.0459. The van der Waals surface area contributed by atoms with Crippen LogP contribution in [0.1, 0.15) is 86.0 Å². The fourth-order valence-electron chi connectivity index (χ4n) is 8.62. The van der Waals surface area contributed by atoms with E-state index < -0.39 is 0 Å². The molecule has 0 aromatic heterocycles. The summed E-state index contributed by atoms with van der Waals surface area (Å²) in [5.74, 6) is 1.90. The molecule has 4 saturated carbocycles. The van der Waals surface area contributed by atoms with Crippen molar-refractivity contribution in [3.05, 3.63) is 0 Å². The van der Waals surface area contributed by atoms with Crippen molar-refractivity contribution in [1.82, 2.24) is 0 Å². The first-order valence-corrected chi connectivity index (χ1v) is 12.1. The average Bonchev–Trinajstić information content (AvgIpc) is 3.06. The van der Waals surface area contributed by atoms with E-state index in [4.69, 9.17) is 9.47 Å². The third-order valence-corrected chi connectivity index (χ3v) is 9.99. The molecule has 4 aliphatic carbocycles. The number of oxime groups is 1. The molecule has 4 rings (SSSR count). The zero-order valence-electron chi connectivity index (χ0n) is 19.7. The standard InChI is InChI=1S/C25H39NO5/c1-14(26-29)20-8-9-21-19-7-6-17-12-18(30-15(2)27)10-11-24(17,4)22(19)13-23(25(20,21)5)31-16(3)28/h17-23,29H,6-13H2,1-5H3/t17-,18-,19+,20-,21+,22+,23+,24+,25-/m1/s1. The number of esters is 2. The van der Waals surface area contributed by atoms with Gasteiger partial charge in [0.2, 0.25) is 0 Å². The maximum atomic E-state index is 12.1. The predicted molar refractivity (Wildman–Crippen MR) is 117 cm³/mol. The second-order valence-electron chi connectivity index (χ2n) is 11.2. The second kappa shape index (κ2) is 8.08. The number of nitrogens with zero attached hydrogens (tertiary/aromatic N) is 1. The number of hydrogen-bond acceptors (Lipinski definition) is 6. The molecule has 6 nitrogen and oxygen atoms in total. The number of ether oxygens (including phenoxy) is 2. The highest BCUT2D eigenvalue weighted by Crippen LogP contribution is 2.68. The quantitative estimate of drug-likeness (QED) is 0.294. The van der Waals surface area contributed by atoms with E-state index >= 15 is 0 Å². The SMILES string of the molecule is CC(=O)O[C@@H]1CC[C@@]2(C)[C@H](CC[C@@H]3[C@@H]2C[C@H](OC(C)=O)[C@]2(C)[C@@H](C(C)=NO)CC[C@@H]32)C1. The number of hydrogen-bond donors (Lipinski definition) is 1. The fraction of sp³-hybridized carbons (Fsp3) is 0.880. The van der Waals surface area contributed by atoms with Crippen LogP contribution in [0.5, 0.6) is 0 Å². The molecule has 174 valence electrons. The summed E-state index contributed by atoms with van der Waals surface area (Å²) in [7, 11) is 0. The Balaban J connectivity index is 1.64. The minimum Gasteiger partial charge on any atom is -0.463 e. The maximum Gasteiger partial charge on any atom is 0.302 e. The predicted octanol–water partition coefficient (Wildman–Crippen LogP) is 4.97. The van der Waals surface area contributed by atoms with Crippen molar-refractivity contribution in [3.63, 3.8) is 0 Å². The Morgan fingerprint density at radius 1 is 0.903 bits per heavy atom. The lowest BCUT2D eigenvalue weighted by atomic mass is 9.44. The van der Waals surface area contributed by atoms with E-state index in [0.29, 0.717) is 23.7 Å². The summed E-state index contributed by atoms with van der Waals surface area (Å²) in [6.45, 7) is 9.64. The summed E-state index contributed by atoms with van der Waals surface area (Å²) in [5.41, 5.74) is 0.779. The summed E-state index contributed by atoms with van der Waals surface area (Å²) in [5, 5.41) is 13.1. The Morgan fingerprint density at radius 2 is 1.61 bits per heavy atom. The Hall–Kier alpha value is -1.59. The molecule has 0 unspecified atom stereocenters. The highest BCUT2D eigenvalue weighted by Gasteiger charge is 2.65. The third-order valence-electron chi connectivity index (χ3n) is 9.99. The summed E-state index contributed by atoms with van der Waals surface area (Å²) in [6.07, 6.45) is 8.19. The van der Waals surface area contributed by atoms with E-state index in [2.05, 4.69) is 19.0 Å². The van der Waals surface area contributed by atoms with E-state index in [1.54, 1.807) is 0 Å². The molecule has 6 heteroatoms. The molecule has 0 radical (unpaired) electrons. The van der Waals surface area contributed by atoms with Crippen LogP contribution in [0.3, 0.4) is 0 Å². The molecular weight excluding hydrogens is 394 g/mol. The van der Waals surface area contributed by atoms with Gasteiger partial charge in [-0.25, -0.2) is 0 Å². The Morgan fingerprint density at radius 3 is 2.26 bits per heavy atom. The van der Waals surface area contributed by atoms with Crippen molar-refractivity contribution in [3.8, 4) is 0 Å². The monoisotopic (exact) mass is 433 g/mol. The van der Waals surface area contributed by atoms with Gasteiger partial charge in [-0.3, -0.25) is 9.59 Å². The van der Waals surface area contributed by atoms with E-state index in [1.165, 1.54) is 26.7 Å². The normalized spacial score (nSPS) is 47.0. The largest absolute Gasteiger partial charge is 0.463 e. The minimum atomic E-state index is -0.219. The molecule has 4 aliphatic rings. The molecule has 0 bridgehead atoms. The van der Waals surface area contributed by atoms with Gasteiger partial charge in [0.1, 0.15) is 12.2 Å². The molecule has 0 aromatic rings. The second-order valence-corrected chi connectivity index (χ2v) is 11.2. The summed E-state index contributed by atoms with van der Waals surface area (Å²) in [6, 6.07) is 0. The fourth-order valence-corrected chi connectivity index (χ4v) is 8.62. The average molecular weight is 434 g/mol. The van der Waals surface area contributed by atoms with E-state index in [-0.39, 0.29) is 40.9 Å². The number of fused-ring (bicyclic) bond motifs is 5. The van der Waals surface area contributed by atoms with Gasteiger partial charge in [-0.1, -0.05) is 19.0 Å². The van der Waals surface area contributed by atoms with Crippen molar-refractivity contribution in [2.75, 3.05) is 0 Å². The zero-order valence-corrected chi connectivity index (χ0v) is 19.7. The van der Waals surface area contributed by atoms with Gasteiger partial charge in [-0.05, 0) is 87.4 Å². The molecule has 0 saturated heterocycles. The van der Waals surface area contributed by atoms with Gasteiger partial charge in [0.05, 0.1) is 5.71 Å². The lowest BCUT2D eigenvalue weighted by Crippen LogP contribution is -2.59. The molecular formula is C25H39NO5. The van der Waals surface area contributed by atoms with Crippen LogP contribution in [0, 0.1) is 40.4 Å². The van der Waals surface area contributed by atoms with Crippen molar-refractivity contribution < 1.29 is 24.3 Å². The van der Waals surface area contributed by atoms with Crippen LogP contribution in [-0.4, -0.2) is 35.1 Å². The molecule has 4 fully saturated rings. The molecule has 31 heavy (non-hydrogen) atoms. The van der Waals surface area contributed by atoms with Crippen molar-refractivity contribution in [2.24, 2.45) is 45.6 Å². The third kappa shape index (κ3) is 3.58. The van der Waals surface area contributed by atoms with Crippen molar-refractivity contribution >= 4 is 17.7 Å². The summed E-state index contributed by atoms with van der Waals surface area (Å²) < 4.78 is 11.6. The lowest BCUT2D eigenvalue weighted by Gasteiger charge is -2.62. The van der Waals surface area contributed by atoms with Gasteiger partial charge in [0, 0.05) is 25.2 Å². The highest BCUT2D eigenvalue weighted by atomic mass is 16.5. The Kier molecular flexibility index (Phi) is 5.89. The maximum absolute atomic E-state index is 12.1. The van der Waals surface area contributed by atoms with Crippen molar-refractivity contribution in [1.29, 1.82) is 0 Å². The van der Waals surface area contributed by atoms with Crippen LogP contribution < -0.4 is 0 Å². The molecule has 0 amide bonds. The van der Waals surface area contributed by atoms with E-state index in [0.717, 1.165) is 44.2 Å². The Labute approximate surface area is 186 Å². The number of carbonyl (C=O) groups is 2. The zero-order chi connectivity index (χ0) is 22.6. The molecule has 0 aromatic carbocycles. The molecule has 9 atom stereocenters. The van der Waals surface area contributed by atoms with Crippen LogP contribution in [0.25, 0.3) is 0 Å². The van der Waals surface area contributed by atoms with E-state index in [9.17, 15) is 14.8 Å². The van der Waals surface area contributed by atoms with Gasteiger partial charge in [0.15, 0.2) is 0 Å². The first-order chi connectivity index (χ1) is 14.6. The molecule has 0 aliphatic heterocycles. The van der Waals surface area contributed by atoms with Crippen LogP contribution >= 0.6 is 0 Å². The first kappa shape index (κ1) is 22.6. The van der Waals surface area contributed by atoms with Gasteiger partial charge < -0.3 is 14.7 Å². The lowest BCUT2D eigenvalue weighted by molar-refractivity contribution is -0.192. The van der Waals surface area contributed by atoms with Crippen molar-refractivity contribution in [2.45, 2.75) is 98.2 Å². The molecule has 0 heterocycles. The number of rotatable bonds is 3. The van der Waals surface area contributed by atoms with Crippen LogP contribution in [0.4, 0.5) is 0 Å². The Bertz CT molecular complexity index is 765. The van der Waals surface area contributed by atoms with Gasteiger partial charge in [0.25, 0.3) is 0 Å². The molecule has 1 N–H and O–H groups in total. The highest BCUT2D eigenvalue weighted by molar-refractivity contribution is 5.85. The van der Waals surface area contributed by atoms with E-state index in [1.807, 2.05) is 6.92 Å². The van der Waals surface area contributed by atoms with Gasteiger partial charge in [-0.2, -0.15) is 0 Å². The van der Waals surface area contributed by atoms with Gasteiger partial charge >= 0.3 is 11.9 Å². The van der Waals surface area contributed by atoms with Crippen LogP contribution in [0.2, 0.25) is 0 Å².